The normalized spacial score (nSPS) is 23.9. The Morgan fingerprint density at radius 3 is 2.53 bits per heavy atom. The zero-order valence-corrected chi connectivity index (χ0v) is 8.30. The molecule has 1 unspecified atom stereocenters. The van der Waals surface area contributed by atoms with Gasteiger partial charge in [0.25, 0.3) is 0 Å². The van der Waals surface area contributed by atoms with E-state index in [-0.39, 0.29) is 6.42 Å². The lowest BCUT2D eigenvalue weighted by atomic mass is 9.97. The molecule has 0 saturated carbocycles. The van der Waals surface area contributed by atoms with E-state index in [1.165, 1.54) is 11.9 Å². The molecule has 1 heterocycles. The van der Waals surface area contributed by atoms with E-state index in [0.717, 1.165) is 0 Å². The third-order valence-corrected chi connectivity index (χ3v) is 2.51. The predicted octanol–water partition coefficient (Wildman–Crippen LogP) is 1.38. The molecule has 6 heteroatoms. The number of Topliss-reactive ketones (excluding diaryl/α,β-unsaturated/α-hetero) is 1. The zero-order chi connectivity index (χ0) is 11.6. The highest BCUT2D eigenvalue weighted by atomic mass is 19.4. The minimum Gasteiger partial charge on any atom is -0.345 e. The minimum absolute atomic E-state index is 0.00150. The molecule has 1 saturated heterocycles. The van der Waals surface area contributed by atoms with Crippen LogP contribution in [-0.2, 0) is 9.59 Å². The van der Waals surface area contributed by atoms with E-state index in [0.29, 0.717) is 19.4 Å². The maximum Gasteiger partial charge on any atom is 0.450 e. The van der Waals surface area contributed by atoms with Crippen LogP contribution in [0.2, 0.25) is 0 Å². The average Bonchev–Trinajstić information content (AvgIpc) is 2.28. The molecule has 1 aliphatic rings. The Morgan fingerprint density at radius 2 is 2.00 bits per heavy atom. The fourth-order valence-corrected chi connectivity index (χ4v) is 1.64. The van der Waals surface area contributed by atoms with Crippen molar-refractivity contribution in [3.63, 3.8) is 0 Å². The molecule has 1 aliphatic heterocycles. The molecule has 0 radical (unpaired) electrons. The Kier molecular flexibility index (Phi) is 3.36. The quantitative estimate of drug-likeness (QED) is 0.630. The second-order valence-corrected chi connectivity index (χ2v) is 3.67. The monoisotopic (exact) mass is 223 g/mol. The summed E-state index contributed by atoms with van der Waals surface area (Å²) in [5.74, 6) is -4.16. The number of ketones is 1. The minimum atomic E-state index is -4.91. The fraction of sp³-hybridized carbons (Fsp3) is 0.778. The number of nitrogens with zero attached hydrogens (tertiary/aromatic N) is 1. The van der Waals surface area contributed by atoms with Crippen molar-refractivity contribution in [2.24, 2.45) is 5.92 Å². The molecule has 0 bridgehead atoms. The van der Waals surface area contributed by atoms with Gasteiger partial charge < -0.3 is 4.90 Å². The van der Waals surface area contributed by atoms with Crippen molar-refractivity contribution in [2.75, 3.05) is 13.6 Å². The van der Waals surface area contributed by atoms with Gasteiger partial charge in [-0.25, -0.2) is 0 Å². The van der Waals surface area contributed by atoms with Crippen LogP contribution in [0.5, 0.6) is 0 Å². The summed E-state index contributed by atoms with van der Waals surface area (Å²) in [5.41, 5.74) is 0. The Balaban J connectivity index is 2.83. The van der Waals surface area contributed by atoms with Crippen molar-refractivity contribution >= 4 is 11.7 Å². The molecule has 1 fully saturated rings. The first-order valence-corrected chi connectivity index (χ1v) is 4.70. The summed E-state index contributed by atoms with van der Waals surface area (Å²) in [6.45, 7) is 0.417. The maximum atomic E-state index is 12.1. The molecule has 1 amide bonds. The first-order chi connectivity index (χ1) is 6.84. The third-order valence-electron chi connectivity index (χ3n) is 2.51. The Morgan fingerprint density at radius 1 is 1.40 bits per heavy atom. The van der Waals surface area contributed by atoms with E-state index in [1.807, 2.05) is 0 Å². The Bertz CT molecular complexity index is 275. The van der Waals surface area contributed by atoms with Crippen LogP contribution in [0, 0.1) is 5.92 Å². The predicted molar refractivity (Wildman–Crippen MR) is 46.0 cm³/mol. The first-order valence-electron chi connectivity index (χ1n) is 4.70. The lowest BCUT2D eigenvalue weighted by molar-refractivity contribution is -0.178. The van der Waals surface area contributed by atoms with Crippen molar-refractivity contribution in [3.8, 4) is 0 Å². The largest absolute Gasteiger partial charge is 0.450 e. The molecule has 0 aromatic carbocycles. The van der Waals surface area contributed by atoms with Crippen LogP contribution in [0.25, 0.3) is 0 Å². The van der Waals surface area contributed by atoms with Gasteiger partial charge in [0.15, 0.2) is 0 Å². The van der Waals surface area contributed by atoms with Crippen LogP contribution in [0.15, 0.2) is 0 Å². The third kappa shape index (κ3) is 2.70. The van der Waals surface area contributed by atoms with E-state index in [9.17, 15) is 22.8 Å². The highest BCUT2D eigenvalue weighted by Gasteiger charge is 2.46. The molecule has 0 aromatic rings. The molecular weight excluding hydrogens is 211 g/mol. The van der Waals surface area contributed by atoms with E-state index in [4.69, 9.17) is 0 Å². The highest BCUT2D eigenvalue weighted by Crippen LogP contribution is 2.26. The summed E-state index contributed by atoms with van der Waals surface area (Å²) in [4.78, 5) is 23.6. The number of hydrogen-bond donors (Lipinski definition) is 0. The van der Waals surface area contributed by atoms with Gasteiger partial charge in [0.1, 0.15) is 5.92 Å². The van der Waals surface area contributed by atoms with Gasteiger partial charge in [0, 0.05) is 13.6 Å². The van der Waals surface area contributed by atoms with E-state index >= 15 is 0 Å². The summed E-state index contributed by atoms with van der Waals surface area (Å²) in [6, 6.07) is 0. The number of amides is 1. The van der Waals surface area contributed by atoms with Gasteiger partial charge >= 0.3 is 6.18 Å². The van der Waals surface area contributed by atoms with Gasteiger partial charge in [-0.05, 0) is 12.8 Å². The number of hydrogen-bond acceptors (Lipinski definition) is 2. The SMILES string of the molecule is CN1CCCCC(C(=O)C(F)(F)F)C1=O. The van der Waals surface area contributed by atoms with Crippen molar-refractivity contribution in [2.45, 2.75) is 25.4 Å². The second kappa shape index (κ2) is 4.20. The zero-order valence-electron chi connectivity index (χ0n) is 8.30. The molecule has 86 valence electrons. The topological polar surface area (TPSA) is 37.4 Å². The van der Waals surface area contributed by atoms with E-state index in [2.05, 4.69) is 0 Å². The average molecular weight is 223 g/mol. The molecule has 3 nitrogen and oxygen atoms in total. The summed E-state index contributed by atoms with van der Waals surface area (Å²) >= 11 is 0. The van der Waals surface area contributed by atoms with E-state index in [1.54, 1.807) is 0 Å². The second-order valence-electron chi connectivity index (χ2n) is 3.67. The molecule has 1 rings (SSSR count). The first kappa shape index (κ1) is 12.0. The smallest absolute Gasteiger partial charge is 0.345 e. The number of carbonyl (C=O) groups excluding carboxylic acids is 2. The van der Waals surface area contributed by atoms with Crippen LogP contribution in [-0.4, -0.2) is 36.4 Å². The molecule has 15 heavy (non-hydrogen) atoms. The summed E-state index contributed by atoms with van der Waals surface area (Å²) in [5, 5.41) is 0. The number of carbonyl (C=O) groups is 2. The van der Waals surface area contributed by atoms with Crippen molar-refractivity contribution in [3.05, 3.63) is 0 Å². The van der Waals surface area contributed by atoms with Crippen molar-refractivity contribution in [1.82, 2.24) is 4.90 Å². The van der Waals surface area contributed by atoms with Crippen molar-refractivity contribution < 1.29 is 22.8 Å². The van der Waals surface area contributed by atoms with Gasteiger partial charge in [-0.15, -0.1) is 0 Å². The van der Waals surface area contributed by atoms with Crippen LogP contribution in [0.3, 0.4) is 0 Å². The Hall–Kier alpha value is -1.07. The number of halogens is 3. The Labute approximate surface area is 85.2 Å². The van der Waals surface area contributed by atoms with Crippen LogP contribution in [0.4, 0.5) is 13.2 Å². The van der Waals surface area contributed by atoms with Gasteiger partial charge in [0.05, 0.1) is 0 Å². The van der Waals surface area contributed by atoms with E-state index < -0.39 is 23.8 Å². The summed E-state index contributed by atoms with van der Waals surface area (Å²) < 4.78 is 36.4. The van der Waals surface area contributed by atoms with Crippen LogP contribution >= 0.6 is 0 Å². The van der Waals surface area contributed by atoms with Crippen molar-refractivity contribution in [1.29, 1.82) is 0 Å². The number of likely N-dealkylation sites (tertiary alicyclic amines) is 1. The molecule has 0 aliphatic carbocycles. The molecule has 0 aromatic heterocycles. The standard InChI is InChI=1S/C9H12F3NO2/c1-13-5-3-2-4-6(8(13)15)7(14)9(10,11)12/h6H,2-5H2,1H3. The lowest BCUT2D eigenvalue weighted by Gasteiger charge is -2.19. The summed E-state index contributed by atoms with van der Waals surface area (Å²) in [7, 11) is 1.42. The lowest BCUT2D eigenvalue weighted by Crippen LogP contribution is -2.40. The van der Waals surface area contributed by atoms with Crippen LogP contribution in [0.1, 0.15) is 19.3 Å². The molecule has 0 N–H and O–H groups in total. The van der Waals surface area contributed by atoms with Gasteiger partial charge in [-0.1, -0.05) is 6.42 Å². The maximum absolute atomic E-state index is 12.1. The molecule has 1 atom stereocenters. The fourth-order valence-electron chi connectivity index (χ4n) is 1.64. The molecule has 0 spiro atoms. The highest BCUT2D eigenvalue weighted by molar-refractivity contribution is 6.03. The van der Waals surface area contributed by atoms with Gasteiger partial charge in [-0.2, -0.15) is 13.2 Å². The van der Waals surface area contributed by atoms with Gasteiger partial charge in [-0.3, -0.25) is 9.59 Å². The van der Waals surface area contributed by atoms with Gasteiger partial charge in [0.2, 0.25) is 11.7 Å². The number of rotatable bonds is 1. The van der Waals surface area contributed by atoms with Crippen LogP contribution < -0.4 is 0 Å². The number of alkyl halides is 3. The molecular formula is C9H12F3NO2. The summed E-state index contributed by atoms with van der Waals surface area (Å²) in [6.07, 6.45) is -3.79.